The molecule has 2 heteroatoms. The predicted octanol–water partition coefficient (Wildman–Crippen LogP) is 1.24. The topological polar surface area (TPSA) is 26.5 Å². The Kier molecular flexibility index (Phi) is 1.31. The average molecular weight is 133 g/mol. The van der Waals surface area contributed by atoms with E-state index in [1.54, 1.807) is 0 Å². The van der Waals surface area contributed by atoms with Crippen LogP contribution in [0.15, 0.2) is 28.9 Å². The van der Waals surface area contributed by atoms with Gasteiger partial charge in [-0.05, 0) is 24.5 Å². The van der Waals surface area contributed by atoms with E-state index in [-0.39, 0.29) is 0 Å². The van der Waals surface area contributed by atoms with Gasteiger partial charge in [-0.25, -0.2) is 0 Å². The monoisotopic (exact) mass is 133 g/mol. The normalized spacial score (nSPS) is 22.4. The molecule has 10 heavy (non-hydrogen) atoms. The maximum Gasteiger partial charge on any atom is 0.0879 e. The molecule has 2 aliphatic rings. The molecular formula is C8H9N2. The first-order chi connectivity index (χ1) is 4.97. The van der Waals surface area contributed by atoms with Gasteiger partial charge < -0.3 is 0 Å². The molecule has 0 N–H and O–H groups in total. The van der Waals surface area contributed by atoms with Crippen LogP contribution in [0.1, 0.15) is 12.8 Å². The molecule has 0 aromatic heterocycles. The summed E-state index contributed by atoms with van der Waals surface area (Å²) in [6, 6.07) is 0. The van der Waals surface area contributed by atoms with Crippen LogP contribution < -0.4 is 5.43 Å². The SMILES string of the molecule is C1=CC2=N[N]CCC2=CC1. The first-order valence-electron chi connectivity index (χ1n) is 3.57. The molecule has 1 aliphatic carbocycles. The molecule has 0 atom stereocenters. The van der Waals surface area contributed by atoms with Crippen LogP contribution in [0.4, 0.5) is 0 Å². The molecule has 1 aliphatic heterocycles. The van der Waals surface area contributed by atoms with Crippen LogP contribution in [0.3, 0.4) is 0 Å². The minimum absolute atomic E-state index is 0.864. The molecule has 0 aromatic rings. The third-order valence-electron chi connectivity index (χ3n) is 1.76. The lowest BCUT2D eigenvalue weighted by atomic mass is 10.00. The van der Waals surface area contributed by atoms with Crippen LogP contribution in [0, 0.1) is 0 Å². The van der Waals surface area contributed by atoms with Gasteiger partial charge in [0.15, 0.2) is 0 Å². The van der Waals surface area contributed by atoms with E-state index in [0.717, 1.165) is 25.1 Å². The lowest BCUT2D eigenvalue weighted by molar-refractivity contribution is 0.696. The number of hydrogen-bond acceptors (Lipinski definition) is 1. The summed E-state index contributed by atoms with van der Waals surface area (Å²) in [7, 11) is 0. The van der Waals surface area contributed by atoms with Crippen molar-refractivity contribution in [1.82, 2.24) is 5.43 Å². The molecule has 0 saturated heterocycles. The Hall–Kier alpha value is -1.05. The summed E-state index contributed by atoms with van der Waals surface area (Å²) in [5.41, 5.74) is 6.40. The van der Waals surface area contributed by atoms with Gasteiger partial charge in [0.2, 0.25) is 0 Å². The highest BCUT2D eigenvalue weighted by molar-refractivity contribution is 6.09. The molecular weight excluding hydrogens is 124 g/mol. The van der Waals surface area contributed by atoms with Crippen molar-refractivity contribution in [2.75, 3.05) is 6.54 Å². The summed E-state index contributed by atoms with van der Waals surface area (Å²) >= 11 is 0. The Morgan fingerprint density at radius 1 is 1.40 bits per heavy atom. The molecule has 51 valence electrons. The highest BCUT2D eigenvalue weighted by atomic mass is 15.3. The Labute approximate surface area is 60.3 Å². The van der Waals surface area contributed by atoms with Gasteiger partial charge in [-0.15, -0.1) is 0 Å². The van der Waals surface area contributed by atoms with E-state index >= 15 is 0 Å². The van der Waals surface area contributed by atoms with Gasteiger partial charge in [0.05, 0.1) is 12.3 Å². The summed E-state index contributed by atoms with van der Waals surface area (Å²) in [4.78, 5) is 0. The Morgan fingerprint density at radius 2 is 2.40 bits per heavy atom. The van der Waals surface area contributed by atoms with E-state index < -0.39 is 0 Å². The van der Waals surface area contributed by atoms with Crippen LogP contribution in [-0.4, -0.2) is 12.3 Å². The second kappa shape index (κ2) is 2.29. The third-order valence-corrected chi connectivity index (χ3v) is 1.76. The quantitative estimate of drug-likeness (QED) is 0.475. The van der Waals surface area contributed by atoms with Crippen molar-refractivity contribution in [3.63, 3.8) is 0 Å². The lowest BCUT2D eigenvalue weighted by Gasteiger charge is -2.14. The van der Waals surface area contributed by atoms with Crippen molar-refractivity contribution in [2.24, 2.45) is 5.10 Å². The van der Waals surface area contributed by atoms with Gasteiger partial charge in [-0.1, -0.05) is 12.2 Å². The van der Waals surface area contributed by atoms with Gasteiger partial charge in [0, 0.05) is 0 Å². The van der Waals surface area contributed by atoms with Crippen molar-refractivity contribution in [1.29, 1.82) is 0 Å². The van der Waals surface area contributed by atoms with Gasteiger partial charge in [-0.3, -0.25) is 0 Å². The fraction of sp³-hybridized carbons (Fsp3) is 0.375. The fourth-order valence-corrected chi connectivity index (χ4v) is 1.23. The summed E-state index contributed by atoms with van der Waals surface area (Å²) < 4.78 is 0. The molecule has 2 rings (SSSR count). The van der Waals surface area contributed by atoms with Crippen molar-refractivity contribution >= 4 is 5.71 Å². The number of allylic oxidation sites excluding steroid dienone is 3. The Morgan fingerprint density at radius 3 is 3.30 bits per heavy atom. The molecule has 2 nitrogen and oxygen atoms in total. The average Bonchev–Trinajstić information content (AvgIpc) is 2.05. The maximum absolute atomic E-state index is 4.04. The molecule has 0 fully saturated rings. The van der Waals surface area contributed by atoms with Crippen molar-refractivity contribution in [3.8, 4) is 0 Å². The molecule has 0 aromatic carbocycles. The first-order valence-corrected chi connectivity index (χ1v) is 3.57. The Bertz CT molecular complexity index is 223. The van der Waals surface area contributed by atoms with E-state index in [9.17, 15) is 0 Å². The van der Waals surface area contributed by atoms with Crippen LogP contribution in [0.5, 0.6) is 0 Å². The standard InChI is InChI=1S/C8H9N2/c1-2-4-8-7(3-1)5-6-9-10-8/h2-4H,1,5-6H2. The number of fused-ring (bicyclic) bond motifs is 1. The zero-order chi connectivity index (χ0) is 6.81. The van der Waals surface area contributed by atoms with Crippen molar-refractivity contribution < 1.29 is 0 Å². The molecule has 1 radical (unpaired) electrons. The van der Waals surface area contributed by atoms with Crippen molar-refractivity contribution in [3.05, 3.63) is 23.8 Å². The largest absolute Gasteiger partial charge is 0.188 e. The first kappa shape index (κ1) is 5.71. The van der Waals surface area contributed by atoms with Crippen LogP contribution in [0.2, 0.25) is 0 Å². The van der Waals surface area contributed by atoms with Gasteiger partial charge in [0.1, 0.15) is 0 Å². The fourth-order valence-electron chi connectivity index (χ4n) is 1.23. The van der Waals surface area contributed by atoms with E-state index in [4.69, 9.17) is 0 Å². The molecule has 1 heterocycles. The highest BCUT2D eigenvalue weighted by Gasteiger charge is 2.10. The molecule has 0 bridgehead atoms. The predicted molar refractivity (Wildman–Crippen MR) is 40.9 cm³/mol. The second-order valence-corrected chi connectivity index (χ2v) is 2.47. The molecule has 0 unspecified atom stereocenters. The summed E-state index contributed by atoms with van der Waals surface area (Å²) in [6.45, 7) is 0.864. The minimum Gasteiger partial charge on any atom is -0.188 e. The zero-order valence-corrected chi connectivity index (χ0v) is 5.75. The van der Waals surface area contributed by atoms with Gasteiger partial charge in [-0.2, -0.15) is 10.5 Å². The van der Waals surface area contributed by atoms with E-state index in [1.165, 1.54) is 5.57 Å². The highest BCUT2D eigenvalue weighted by Crippen LogP contribution is 2.14. The molecule has 0 amide bonds. The van der Waals surface area contributed by atoms with Crippen LogP contribution >= 0.6 is 0 Å². The third kappa shape index (κ3) is 0.856. The molecule has 0 spiro atoms. The minimum atomic E-state index is 0.864. The second-order valence-electron chi connectivity index (χ2n) is 2.47. The zero-order valence-electron chi connectivity index (χ0n) is 5.75. The van der Waals surface area contributed by atoms with Crippen LogP contribution in [0.25, 0.3) is 0 Å². The van der Waals surface area contributed by atoms with Gasteiger partial charge >= 0.3 is 0 Å². The van der Waals surface area contributed by atoms with E-state index in [1.807, 2.05) is 0 Å². The summed E-state index contributed by atoms with van der Waals surface area (Å²) in [5, 5.41) is 4.04. The van der Waals surface area contributed by atoms with Gasteiger partial charge in [0.25, 0.3) is 0 Å². The summed E-state index contributed by atoms with van der Waals surface area (Å²) in [6.07, 6.45) is 8.53. The Balaban J connectivity index is 2.32. The smallest absolute Gasteiger partial charge is 0.0879 e. The summed E-state index contributed by atoms with van der Waals surface area (Å²) in [5.74, 6) is 0. The number of rotatable bonds is 0. The molecule has 0 saturated carbocycles. The maximum atomic E-state index is 4.04. The number of hydrogen-bond donors (Lipinski definition) is 0. The van der Waals surface area contributed by atoms with E-state index in [0.29, 0.717) is 0 Å². The van der Waals surface area contributed by atoms with Crippen molar-refractivity contribution in [2.45, 2.75) is 12.8 Å². The lowest BCUT2D eigenvalue weighted by Crippen LogP contribution is -2.16. The van der Waals surface area contributed by atoms with E-state index in [2.05, 4.69) is 28.8 Å². The van der Waals surface area contributed by atoms with Crippen LogP contribution in [-0.2, 0) is 0 Å². The number of nitrogens with zero attached hydrogens (tertiary/aromatic N) is 2.